The Morgan fingerprint density at radius 2 is 1.56 bits per heavy atom. The predicted molar refractivity (Wildman–Crippen MR) is 119 cm³/mol. The van der Waals surface area contributed by atoms with Crippen LogP contribution in [0.25, 0.3) is 0 Å². The van der Waals surface area contributed by atoms with Gasteiger partial charge in [0.05, 0.1) is 17.1 Å². The zero-order valence-corrected chi connectivity index (χ0v) is 19.1. The number of carbonyl (C=O) groups excluding carboxylic acids is 1. The highest BCUT2D eigenvalue weighted by Gasteiger charge is 2.52. The summed E-state index contributed by atoms with van der Waals surface area (Å²) in [4.78, 5) is 17.0. The average Bonchev–Trinajstić information content (AvgIpc) is 3.09. The number of piperidine rings is 1. The number of para-hydroxylation sites is 1. The third-order valence-electron chi connectivity index (χ3n) is 7.19. The molecule has 3 heterocycles. The zero-order valence-electron chi connectivity index (χ0n) is 18.3. The first-order valence-electron chi connectivity index (χ1n) is 11.1. The fraction of sp³-hybridized carbons (Fsp3) is 0.435. The van der Waals surface area contributed by atoms with E-state index in [4.69, 9.17) is 0 Å². The molecule has 1 N–H and O–H groups in total. The van der Waals surface area contributed by atoms with Gasteiger partial charge in [0.2, 0.25) is 15.9 Å². The topological polar surface area (TPSA) is 73.0 Å². The number of amides is 1. The van der Waals surface area contributed by atoms with E-state index in [0.29, 0.717) is 32.6 Å². The Hall–Kier alpha value is -2.63. The number of nitrogens with one attached hydrogen (secondary N) is 1. The zero-order chi connectivity index (χ0) is 24.1. The summed E-state index contributed by atoms with van der Waals surface area (Å²) >= 11 is 0. The quantitative estimate of drug-likeness (QED) is 0.707. The van der Waals surface area contributed by atoms with Gasteiger partial charge in [0.1, 0.15) is 5.54 Å². The monoisotopic (exact) mass is 494 g/mol. The number of alkyl halides is 3. The summed E-state index contributed by atoms with van der Waals surface area (Å²) in [7, 11) is -3.84. The Bertz CT molecular complexity index is 1160. The van der Waals surface area contributed by atoms with E-state index >= 15 is 0 Å². The Kier molecular flexibility index (Phi) is 5.61. The van der Waals surface area contributed by atoms with Gasteiger partial charge in [0, 0.05) is 37.9 Å². The maximum absolute atomic E-state index is 12.8. The van der Waals surface area contributed by atoms with Gasteiger partial charge in [-0.2, -0.15) is 17.5 Å². The molecule has 11 heteroatoms. The van der Waals surface area contributed by atoms with Gasteiger partial charge < -0.3 is 10.2 Å². The van der Waals surface area contributed by atoms with Crippen LogP contribution in [-0.2, 0) is 21.0 Å². The fourth-order valence-corrected chi connectivity index (χ4v) is 6.62. The molecule has 0 aliphatic carbocycles. The molecule has 3 aliphatic heterocycles. The number of benzene rings is 2. The Morgan fingerprint density at radius 1 is 0.941 bits per heavy atom. The molecule has 7 nitrogen and oxygen atoms in total. The molecule has 0 atom stereocenters. The summed E-state index contributed by atoms with van der Waals surface area (Å²) in [6.45, 7) is 2.35. The number of halogens is 3. The molecule has 0 radical (unpaired) electrons. The standard InChI is InChI=1S/C23H25F3N4O3S/c24-23(25,26)17-6-8-20(9-7-17)34(32,33)29-14-19(15-29)28-12-10-22(11-13-28)21(31)27-16-30(22)18-4-2-1-3-5-18/h1-9,19H,10-16H2,(H,27,31). The van der Waals surface area contributed by atoms with Crippen molar-refractivity contribution in [1.29, 1.82) is 0 Å². The lowest BCUT2D eigenvalue weighted by molar-refractivity contribution is -0.137. The molecule has 1 amide bonds. The molecule has 3 aliphatic rings. The molecule has 2 aromatic carbocycles. The average molecular weight is 495 g/mol. The second kappa shape index (κ2) is 8.24. The normalized spacial score (nSPS) is 22.1. The predicted octanol–water partition coefficient (Wildman–Crippen LogP) is 2.51. The number of rotatable bonds is 4. The molecule has 182 valence electrons. The van der Waals surface area contributed by atoms with Crippen molar-refractivity contribution in [2.45, 2.75) is 35.5 Å². The van der Waals surface area contributed by atoms with Crippen LogP contribution in [0, 0.1) is 0 Å². The van der Waals surface area contributed by atoms with Gasteiger partial charge in [-0.25, -0.2) is 8.42 Å². The van der Waals surface area contributed by atoms with Crippen molar-refractivity contribution >= 4 is 21.6 Å². The van der Waals surface area contributed by atoms with E-state index in [2.05, 4.69) is 15.1 Å². The number of sulfonamides is 1. The second-order valence-electron chi connectivity index (χ2n) is 8.99. The summed E-state index contributed by atoms with van der Waals surface area (Å²) in [6, 6.07) is 13.4. The Balaban J connectivity index is 1.21. The highest BCUT2D eigenvalue weighted by atomic mass is 32.2. The first-order valence-corrected chi connectivity index (χ1v) is 12.6. The third kappa shape index (κ3) is 3.85. The van der Waals surface area contributed by atoms with Crippen molar-refractivity contribution in [2.24, 2.45) is 0 Å². The lowest BCUT2D eigenvalue weighted by atomic mass is 9.84. The van der Waals surface area contributed by atoms with Gasteiger partial charge in [-0.3, -0.25) is 9.69 Å². The van der Waals surface area contributed by atoms with Crippen molar-refractivity contribution in [3.8, 4) is 0 Å². The molecule has 0 aromatic heterocycles. The highest BCUT2D eigenvalue weighted by Crippen LogP contribution is 2.38. The first kappa shape index (κ1) is 23.1. The number of hydrogen-bond donors (Lipinski definition) is 1. The second-order valence-corrected chi connectivity index (χ2v) is 10.9. The molecule has 2 aromatic rings. The van der Waals surface area contributed by atoms with Gasteiger partial charge in [-0.15, -0.1) is 0 Å². The van der Waals surface area contributed by atoms with Crippen molar-refractivity contribution < 1.29 is 26.4 Å². The van der Waals surface area contributed by atoms with E-state index in [9.17, 15) is 26.4 Å². The maximum Gasteiger partial charge on any atom is 0.416 e. The van der Waals surface area contributed by atoms with Crippen molar-refractivity contribution in [3.05, 3.63) is 60.2 Å². The molecule has 3 fully saturated rings. The van der Waals surface area contributed by atoms with Crippen molar-refractivity contribution in [3.63, 3.8) is 0 Å². The Labute approximate surface area is 196 Å². The number of hydrogen-bond acceptors (Lipinski definition) is 5. The van der Waals surface area contributed by atoms with Crippen molar-refractivity contribution in [2.75, 3.05) is 37.7 Å². The van der Waals surface area contributed by atoms with E-state index in [0.717, 1.165) is 30.0 Å². The smallest absolute Gasteiger partial charge is 0.339 e. The van der Waals surface area contributed by atoms with Gasteiger partial charge in [0.25, 0.3) is 0 Å². The van der Waals surface area contributed by atoms with E-state index in [1.165, 1.54) is 4.31 Å². The maximum atomic E-state index is 12.8. The van der Waals surface area contributed by atoms with Crippen LogP contribution in [0.1, 0.15) is 18.4 Å². The van der Waals surface area contributed by atoms with Crippen LogP contribution >= 0.6 is 0 Å². The molecule has 0 unspecified atom stereocenters. The van der Waals surface area contributed by atoms with Crippen LogP contribution in [0.15, 0.2) is 59.5 Å². The lowest BCUT2D eigenvalue weighted by Crippen LogP contribution is -2.65. The summed E-state index contributed by atoms with van der Waals surface area (Å²) < 4.78 is 65.2. The molecule has 1 spiro atoms. The summed E-state index contributed by atoms with van der Waals surface area (Å²) in [6.07, 6.45) is -3.24. The molecular formula is C23H25F3N4O3S. The van der Waals surface area contributed by atoms with E-state index in [1.807, 2.05) is 30.3 Å². The summed E-state index contributed by atoms with van der Waals surface area (Å²) in [5.74, 6) is 0.0242. The van der Waals surface area contributed by atoms with Crippen LogP contribution in [0.4, 0.5) is 18.9 Å². The first-order chi connectivity index (χ1) is 16.1. The lowest BCUT2D eigenvalue weighted by Gasteiger charge is -2.50. The van der Waals surface area contributed by atoms with Gasteiger partial charge in [-0.1, -0.05) is 18.2 Å². The molecule has 0 bridgehead atoms. The van der Waals surface area contributed by atoms with Crippen LogP contribution < -0.4 is 10.2 Å². The molecule has 5 rings (SSSR count). The molecule has 0 saturated carbocycles. The van der Waals surface area contributed by atoms with E-state index < -0.39 is 27.3 Å². The summed E-state index contributed by atoms with van der Waals surface area (Å²) in [5, 5.41) is 2.97. The SMILES string of the molecule is O=C1NCN(c2ccccc2)C12CCN(C1CN(S(=O)(=O)c3ccc(C(F)(F)F)cc3)C1)CC2. The minimum Gasteiger partial charge on any atom is -0.339 e. The minimum absolute atomic E-state index is 0.0242. The van der Waals surface area contributed by atoms with E-state index in [-0.39, 0.29) is 29.9 Å². The van der Waals surface area contributed by atoms with Crippen molar-refractivity contribution in [1.82, 2.24) is 14.5 Å². The largest absolute Gasteiger partial charge is 0.416 e. The van der Waals surface area contributed by atoms with Crippen LogP contribution in [-0.4, -0.2) is 68.0 Å². The Morgan fingerprint density at radius 3 is 2.15 bits per heavy atom. The number of anilines is 1. The van der Waals surface area contributed by atoms with Crippen LogP contribution in [0.5, 0.6) is 0 Å². The van der Waals surface area contributed by atoms with Gasteiger partial charge in [0.15, 0.2) is 0 Å². The minimum atomic E-state index is -4.51. The third-order valence-corrected chi connectivity index (χ3v) is 9.04. The molecule has 34 heavy (non-hydrogen) atoms. The number of nitrogens with zero attached hydrogens (tertiary/aromatic N) is 3. The van der Waals surface area contributed by atoms with Gasteiger partial charge in [-0.05, 0) is 49.2 Å². The highest BCUT2D eigenvalue weighted by molar-refractivity contribution is 7.89. The van der Waals surface area contributed by atoms with Crippen LogP contribution in [0.3, 0.4) is 0 Å². The van der Waals surface area contributed by atoms with E-state index in [1.54, 1.807) is 0 Å². The number of carbonyl (C=O) groups is 1. The fourth-order valence-electron chi connectivity index (χ4n) is 5.10. The van der Waals surface area contributed by atoms with Gasteiger partial charge >= 0.3 is 6.18 Å². The summed E-state index contributed by atoms with van der Waals surface area (Å²) in [5.41, 5.74) is -0.490. The molecular weight excluding hydrogens is 469 g/mol. The molecule has 3 saturated heterocycles. The van der Waals surface area contributed by atoms with Crippen LogP contribution in [0.2, 0.25) is 0 Å². The number of likely N-dealkylation sites (tertiary alicyclic amines) is 1.